The molecule has 140 valence electrons. The minimum atomic E-state index is -0.678. The van der Waals surface area contributed by atoms with E-state index in [9.17, 15) is 9.90 Å². The van der Waals surface area contributed by atoms with E-state index in [1.807, 2.05) is 31.2 Å². The van der Waals surface area contributed by atoms with Gasteiger partial charge in [-0.25, -0.2) is 0 Å². The highest BCUT2D eigenvalue weighted by Gasteiger charge is 2.39. The maximum Gasteiger partial charge on any atom is 0.271 e. The molecule has 26 heavy (non-hydrogen) atoms. The first-order valence-corrected chi connectivity index (χ1v) is 8.81. The van der Waals surface area contributed by atoms with Crippen LogP contribution in [0.4, 0.5) is 0 Å². The predicted molar refractivity (Wildman–Crippen MR) is 97.1 cm³/mol. The number of carbonyl (C=O) groups is 1. The molecule has 7 nitrogen and oxygen atoms in total. The van der Waals surface area contributed by atoms with Crippen molar-refractivity contribution in [1.82, 2.24) is 15.1 Å². The quantitative estimate of drug-likeness (QED) is 0.825. The summed E-state index contributed by atoms with van der Waals surface area (Å²) in [4.78, 5) is 14.3. The van der Waals surface area contributed by atoms with Crippen LogP contribution < -0.4 is 4.74 Å². The van der Waals surface area contributed by atoms with Crippen molar-refractivity contribution in [3.8, 4) is 17.0 Å². The second kappa shape index (κ2) is 7.88. The zero-order valence-electron chi connectivity index (χ0n) is 15.3. The first-order chi connectivity index (χ1) is 12.5. The summed E-state index contributed by atoms with van der Waals surface area (Å²) in [6, 6.07) is 9.03. The van der Waals surface area contributed by atoms with Crippen molar-refractivity contribution >= 4 is 5.91 Å². The van der Waals surface area contributed by atoms with Gasteiger partial charge in [-0.2, -0.15) is 5.10 Å². The van der Waals surface area contributed by atoms with Gasteiger partial charge >= 0.3 is 0 Å². The van der Waals surface area contributed by atoms with Crippen LogP contribution in [0.3, 0.4) is 0 Å². The minimum Gasteiger partial charge on any atom is -0.494 e. The highest BCUT2D eigenvalue weighted by Crippen LogP contribution is 2.27. The number of likely N-dealkylation sites (N-methyl/N-ethyl adjacent to an activating group) is 1. The van der Waals surface area contributed by atoms with Crippen LogP contribution in [0.2, 0.25) is 0 Å². The smallest absolute Gasteiger partial charge is 0.271 e. The SMILES string of the molecule is CCOc1ccc(-c2cc(C(=O)N(C)[C@@H]3CC[C@@H](OC)[C@@H]3O)[nH]n2)cc1. The van der Waals surface area contributed by atoms with Crippen molar-refractivity contribution in [1.29, 1.82) is 0 Å². The average Bonchev–Trinajstić information content (AvgIpc) is 3.28. The van der Waals surface area contributed by atoms with Gasteiger partial charge in [-0.05, 0) is 50.1 Å². The van der Waals surface area contributed by atoms with Gasteiger partial charge < -0.3 is 19.5 Å². The van der Waals surface area contributed by atoms with Gasteiger partial charge in [0, 0.05) is 19.7 Å². The summed E-state index contributed by atoms with van der Waals surface area (Å²) in [7, 11) is 3.28. The van der Waals surface area contributed by atoms with Gasteiger partial charge in [0.05, 0.1) is 24.4 Å². The number of aromatic amines is 1. The average molecular weight is 359 g/mol. The molecule has 1 amide bonds. The molecule has 7 heteroatoms. The molecule has 1 aromatic carbocycles. The van der Waals surface area contributed by atoms with Gasteiger partial charge in [0.15, 0.2) is 0 Å². The van der Waals surface area contributed by atoms with Crippen LogP contribution in [0.5, 0.6) is 5.75 Å². The number of hydrogen-bond donors (Lipinski definition) is 2. The monoisotopic (exact) mass is 359 g/mol. The molecule has 1 heterocycles. The number of aliphatic hydroxyl groups excluding tert-OH is 1. The summed E-state index contributed by atoms with van der Waals surface area (Å²) < 4.78 is 10.7. The fraction of sp³-hybridized carbons (Fsp3) is 0.474. The van der Waals surface area contributed by atoms with E-state index in [2.05, 4.69) is 10.2 Å². The second-order valence-electron chi connectivity index (χ2n) is 6.45. The van der Waals surface area contributed by atoms with Crippen LogP contribution in [0.1, 0.15) is 30.3 Å². The van der Waals surface area contributed by atoms with Crippen LogP contribution in [0.25, 0.3) is 11.3 Å². The lowest BCUT2D eigenvalue weighted by Gasteiger charge is -2.27. The molecule has 1 fully saturated rings. The molecule has 0 saturated heterocycles. The Balaban J connectivity index is 1.71. The lowest BCUT2D eigenvalue weighted by atomic mass is 10.1. The molecule has 3 rings (SSSR count). The predicted octanol–water partition coefficient (Wildman–Crippen LogP) is 2.09. The van der Waals surface area contributed by atoms with Crippen LogP contribution in [-0.4, -0.2) is 65.1 Å². The largest absolute Gasteiger partial charge is 0.494 e. The van der Waals surface area contributed by atoms with Crippen molar-refractivity contribution in [3.05, 3.63) is 36.0 Å². The molecule has 0 aliphatic heterocycles. The van der Waals surface area contributed by atoms with Crippen LogP contribution in [0, 0.1) is 0 Å². The summed E-state index contributed by atoms with van der Waals surface area (Å²) in [5.41, 5.74) is 1.97. The highest BCUT2D eigenvalue weighted by molar-refractivity contribution is 5.93. The summed E-state index contributed by atoms with van der Waals surface area (Å²) in [5, 5.41) is 17.4. The number of nitrogens with zero attached hydrogens (tertiary/aromatic N) is 2. The number of ether oxygens (including phenoxy) is 2. The summed E-state index contributed by atoms with van der Waals surface area (Å²) >= 11 is 0. The van der Waals surface area contributed by atoms with Crippen molar-refractivity contribution in [2.75, 3.05) is 20.8 Å². The number of aromatic nitrogens is 2. The van der Waals surface area contributed by atoms with Crippen molar-refractivity contribution in [2.45, 2.75) is 38.0 Å². The summed E-state index contributed by atoms with van der Waals surface area (Å²) in [5.74, 6) is 0.598. The minimum absolute atomic E-state index is 0.199. The molecular formula is C19H25N3O4. The number of aliphatic hydroxyl groups is 1. The molecule has 1 aromatic heterocycles. The van der Waals surface area contributed by atoms with Gasteiger partial charge in [-0.15, -0.1) is 0 Å². The number of rotatable bonds is 6. The number of amides is 1. The van der Waals surface area contributed by atoms with E-state index in [4.69, 9.17) is 9.47 Å². The number of nitrogens with one attached hydrogen (secondary N) is 1. The Morgan fingerprint density at radius 3 is 2.69 bits per heavy atom. The molecular weight excluding hydrogens is 334 g/mol. The molecule has 1 aliphatic carbocycles. The standard InChI is InChI=1S/C19H25N3O4/c1-4-26-13-7-5-12(6-8-13)14-11-15(21-20-14)19(24)22(2)16-9-10-17(25-3)18(16)23/h5-8,11,16-18,23H,4,9-10H2,1-3H3,(H,20,21)/t16-,17-,18-/m1/s1. The molecule has 0 radical (unpaired) electrons. The zero-order chi connectivity index (χ0) is 18.7. The Morgan fingerprint density at radius 2 is 2.08 bits per heavy atom. The lowest BCUT2D eigenvalue weighted by Crippen LogP contribution is -2.44. The van der Waals surface area contributed by atoms with E-state index in [0.717, 1.165) is 17.7 Å². The van der Waals surface area contributed by atoms with E-state index in [0.29, 0.717) is 24.4 Å². The fourth-order valence-electron chi connectivity index (χ4n) is 3.41. The van der Waals surface area contributed by atoms with Crippen LogP contribution in [-0.2, 0) is 4.74 Å². The maximum absolute atomic E-state index is 12.7. The van der Waals surface area contributed by atoms with Crippen molar-refractivity contribution < 1.29 is 19.4 Å². The topological polar surface area (TPSA) is 87.7 Å². The molecule has 1 aliphatic rings. The van der Waals surface area contributed by atoms with E-state index in [-0.39, 0.29) is 18.1 Å². The molecule has 1 saturated carbocycles. The Morgan fingerprint density at radius 1 is 1.35 bits per heavy atom. The number of H-pyrrole nitrogens is 1. The molecule has 0 bridgehead atoms. The molecule has 3 atom stereocenters. The van der Waals surface area contributed by atoms with Gasteiger partial charge in [-0.3, -0.25) is 9.89 Å². The maximum atomic E-state index is 12.7. The van der Waals surface area contributed by atoms with E-state index >= 15 is 0 Å². The molecule has 0 spiro atoms. The Hall–Kier alpha value is -2.38. The lowest BCUT2D eigenvalue weighted by molar-refractivity contribution is -0.0157. The third-order valence-electron chi connectivity index (χ3n) is 4.91. The van der Waals surface area contributed by atoms with Gasteiger partial charge in [0.2, 0.25) is 0 Å². The number of hydrogen-bond acceptors (Lipinski definition) is 5. The molecule has 2 N–H and O–H groups in total. The number of benzene rings is 1. The van der Waals surface area contributed by atoms with E-state index in [1.54, 1.807) is 25.1 Å². The molecule has 0 unspecified atom stereocenters. The van der Waals surface area contributed by atoms with E-state index < -0.39 is 6.10 Å². The van der Waals surface area contributed by atoms with Crippen LogP contribution in [0.15, 0.2) is 30.3 Å². The summed E-state index contributed by atoms with van der Waals surface area (Å²) in [6.45, 7) is 2.55. The Labute approximate surface area is 152 Å². The third-order valence-corrected chi connectivity index (χ3v) is 4.91. The second-order valence-corrected chi connectivity index (χ2v) is 6.45. The van der Waals surface area contributed by atoms with Crippen molar-refractivity contribution in [3.63, 3.8) is 0 Å². The van der Waals surface area contributed by atoms with Crippen molar-refractivity contribution in [2.24, 2.45) is 0 Å². The normalized spacial score (nSPS) is 22.4. The third kappa shape index (κ3) is 3.59. The first-order valence-electron chi connectivity index (χ1n) is 8.81. The first kappa shape index (κ1) is 18.4. The number of methoxy groups -OCH3 is 1. The Bertz CT molecular complexity index is 743. The highest BCUT2D eigenvalue weighted by atomic mass is 16.5. The Kier molecular flexibility index (Phi) is 5.58. The zero-order valence-corrected chi connectivity index (χ0v) is 15.3. The van der Waals surface area contributed by atoms with Gasteiger partial charge in [0.25, 0.3) is 5.91 Å². The van der Waals surface area contributed by atoms with E-state index in [1.165, 1.54) is 0 Å². The molecule has 2 aromatic rings. The van der Waals surface area contributed by atoms with Crippen LogP contribution >= 0.6 is 0 Å². The summed E-state index contributed by atoms with van der Waals surface area (Å²) in [6.07, 6.45) is 0.543. The van der Waals surface area contributed by atoms with Gasteiger partial charge in [0.1, 0.15) is 17.5 Å². The number of carbonyl (C=O) groups excluding carboxylic acids is 1. The fourth-order valence-corrected chi connectivity index (χ4v) is 3.41. The van der Waals surface area contributed by atoms with Gasteiger partial charge in [-0.1, -0.05) is 0 Å².